The average molecular weight is 355 g/mol. The molecular formula is C16H13N5O3S. The van der Waals surface area contributed by atoms with Crippen molar-refractivity contribution in [3.05, 3.63) is 63.2 Å². The second-order valence-electron chi connectivity index (χ2n) is 5.35. The van der Waals surface area contributed by atoms with Crippen LogP contribution < -0.4 is 0 Å². The molecule has 1 aromatic heterocycles. The Labute approximate surface area is 147 Å². The first-order chi connectivity index (χ1) is 12.0. The fourth-order valence-electron chi connectivity index (χ4n) is 2.20. The van der Waals surface area contributed by atoms with Gasteiger partial charge in [-0.25, -0.2) is 0 Å². The summed E-state index contributed by atoms with van der Waals surface area (Å²) in [4.78, 5) is 21.9. The van der Waals surface area contributed by atoms with Gasteiger partial charge in [0, 0.05) is 11.6 Å². The van der Waals surface area contributed by atoms with Gasteiger partial charge in [0.1, 0.15) is 6.29 Å². The molecule has 0 spiro atoms. The van der Waals surface area contributed by atoms with Crippen LogP contribution in [-0.2, 0) is 0 Å². The van der Waals surface area contributed by atoms with Crippen molar-refractivity contribution in [2.24, 2.45) is 0 Å². The Kier molecular flexibility index (Phi) is 4.57. The summed E-state index contributed by atoms with van der Waals surface area (Å²) in [6.45, 7) is 3.99. The van der Waals surface area contributed by atoms with Crippen molar-refractivity contribution in [2.45, 2.75) is 23.9 Å². The molecular weight excluding hydrogens is 342 g/mol. The van der Waals surface area contributed by atoms with Gasteiger partial charge in [0.15, 0.2) is 0 Å². The SMILES string of the molecule is Cc1ccc(-n2nnnc2Sc2ccc(C=O)cc2[N+](=O)[O-])cc1C. The van der Waals surface area contributed by atoms with Gasteiger partial charge in [0.2, 0.25) is 5.16 Å². The number of carbonyl (C=O) groups is 1. The fraction of sp³-hybridized carbons (Fsp3) is 0.125. The summed E-state index contributed by atoms with van der Waals surface area (Å²) in [7, 11) is 0. The van der Waals surface area contributed by atoms with Gasteiger partial charge in [-0.3, -0.25) is 14.9 Å². The van der Waals surface area contributed by atoms with E-state index in [2.05, 4.69) is 15.5 Å². The number of nitrogens with zero attached hydrogens (tertiary/aromatic N) is 5. The summed E-state index contributed by atoms with van der Waals surface area (Å²) in [5.74, 6) is 0. The molecule has 8 nitrogen and oxygen atoms in total. The lowest BCUT2D eigenvalue weighted by Gasteiger charge is -2.07. The van der Waals surface area contributed by atoms with Gasteiger partial charge in [0.05, 0.1) is 15.5 Å². The van der Waals surface area contributed by atoms with Gasteiger partial charge in [-0.05, 0) is 65.4 Å². The van der Waals surface area contributed by atoms with Gasteiger partial charge in [-0.1, -0.05) is 12.1 Å². The summed E-state index contributed by atoms with van der Waals surface area (Å²) in [6.07, 6.45) is 0.570. The Hall–Kier alpha value is -3.07. The standard InChI is InChI=1S/C16H13N5O3S/c1-10-3-5-13(7-11(10)2)20-16(17-18-19-20)25-15-6-4-12(9-22)8-14(15)21(23)24/h3-9H,1-2H3. The number of tetrazole rings is 1. The molecule has 126 valence electrons. The first kappa shape index (κ1) is 16.8. The minimum Gasteiger partial charge on any atom is -0.298 e. The Bertz CT molecular complexity index is 970. The van der Waals surface area contributed by atoms with Crippen molar-refractivity contribution < 1.29 is 9.72 Å². The number of hydrogen-bond donors (Lipinski definition) is 0. The number of aldehydes is 1. The zero-order valence-corrected chi connectivity index (χ0v) is 14.2. The van der Waals surface area contributed by atoms with Gasteiger partial charge in [-0.2, -0.15) is 4.68 Å². The molecule has 0 aliphatic heterocycles. The largest absolute Gasteiger partial charge is 0.298 e. The highest BCUT2D eigenvalue weighted by molar-refractivity contribution is 7.99. The van der Waals surface area contributed by atoms with Crippen molar-refractivity contribution in [3.8, 4) is 5.69 Å². The van der Waals surface area contributed by atoms with E-state index in [1.807, 2.05) is 32.0 Å². The van der Waals surface area contributed by atoms with Crippen molar-refractivity contribution in [1.82, 2.24) is 20.2 Å². The Morgan fingerprint density at radius 2 is 1.96 bits per heavy atom. The predicted octanol–water partition coefficient (Wildman–Crippen LogP) is 3.15. The van der Waals surface area contributed by atoms with Gasteiger partial charge in [0.25, 0.3) is 5.69 Å². The van der Waals surface area contributed by atoms with Crippen LogP contribution >= 0.6 is 11.8 Å². The first-order valence-electron chi connectivity index (χ1n) is 7.27. The molecule has 0 saturated heterocycles. The molecule has 0 amide bonds. The number of benzene rings is 2. The summed E-state index contributed by atoms with van der Waals surface area (Å²) in [6, 6.07) is 10.1. The van der Waals surface area contributed by atoms with E-state index in [9.17, 15) is 14.9 Å². The first-order valence-corrected chi connectivity index (χ1v) is 8.08. The second-order valence-corrected chi connectivity index (χ2v) is 6.36. The Morgan fingerprint density at radius 1 is 1.16 bits per heavy atom. The zero-order chi connectivity index (χ0) is 18.0. The van der Waals surface area contributed by atoms with Crippen LogP contribution in [0.4, 0.5) is 5.69 Å². The summed E-state index contributed by atoms with van der Waals surface area (Å²) in [5, 5.41) is 23.3. The highest BCUT2D eigenvalue weighted by atomic mass is 32.2. The highest BCUT2D eigenvalue weighted by Gasteiger charge is 2.19. The number of hydrogen-bond acceptors (Lipinski definition) is 7. The number of carbonyl (C=O) groups excluding carboxylic acids is 1. The van der Waals surface area contributed by atoms with Gasteiger partial charge in [-0.15, -0.1) is 5.10 Å². The van der Waals surface area contributed by atoms with Gasteiger partial charge < -0.3 is 0 Å². The van der Waals surface area contributed by atoms with Crippen LogP contribution in [0.3, 0.4) is 0 Å². The smallest absolute Gasteiger partial charge is 0.284 e. The Morgan fingerprint density at radius 3 is 2.64 bits per heavy atom. The lowest BCUT2D eigenvalue weighted by molar-refractivity contribution is -0.387. The number of aromatic nitrogens is 4. The molecule has 25 heavy (non-hydrogen) atoms. The van der Waals surface area contributed by atoms with E-state index in [0.29, 0.717) is 16.3 Å². The summed E-state index contributed by atoms with van der Waals surface area (Å²) < 4.78 is 1.52. The number of nitro groups is 1. The quantitative estimate of drug-likeness (QED) is 0.393. The molecule has 0 saturated carbocycles. The third-order valence-corrected chi connectivity index (χ3v) is 4.70. The third kappa shape index (κ3) is 3.41. The van der Waals surface area contributed by atoms with Crippen molar-refractivity contribution in [2.75, 3.05) is 0 Å². The molecule has 3 rings (SSSR count). The molecule has 9 heteroatoms. The normalized spacial score (nSPS) is 10.6. The molecule has 0 atom stereocenters. The number of rotatable bonds is 5. The van der Waals surface area contributed by atoms with Crippen molar-refractivity contribution >= 4 is 23.7 Å². The zero-order valence-electron chi connectivity index (χ0n) is 13.4. The monoisotopic (exact) mass is 355 g/mol. The lowest BCUT2D eigenvalue weighted by atomic mass is 10.1. The van der Waals surface area contributed by atoms with E-state index in [1.165, 1.54) is 22.9 Å². The molecule has 0 N–H and O–H groups in total. The minimum absolute atomic E-state index is 0.163. The topological polar surface area (TPSA) is 104 Å². The van der Waals surface area contributed by atoms with Gasteiger partial charge >= 0.3 is 0 Å². The van der Waals surface area contributed by atoms with E-state index in [1.54, 1.807) is 0 Å². The molecule has 1 heterocycles. The molecule has 0 aliphatic rings. The van der Waals surface area contributed by atoms with E-state index in [-0.39, 0.29) is 11.3 Å². The highest BCUT2D eigenvalue weighted by Crippen LogP contribution is 2.34. The van der Waals surface area contributed by atoms with Crippen LogP contribution in [0.15, 0.2) is 46.5 Å². The minimum atomic E-state index is -0.528. The van der Waals surface area contributed by atoms with Crippen molar-refractivity contribution in [1.29, 1.82) is 0 Å². The number of nitro benzene ring substituents is 1. The van der Waals surface area contributed by atoms with Crippen LogP contribution in [0, 0.1) is 24.0 Å². The van der Waals surface area contributed by atoms with Crippen LogP contribution in [-0.4, -0.2) is 31.4 Å². The second kappa shape index (κ2) is 6.81. The predicted molar refractivity (Wildman–Crippen MR) is 91.2 cm³/mol. The molecule has 0 fully saturated rings. The molecule has 0 unspecified atom stereocenters. The fourth-order valence-corrected chi connectivity index (χ4v) is 3.07. The summed E-state index contributed by atoms with van der Waals surface area (Å²) >= 11 is 1.07. The third-order valence-electron chi connectivity index (χ3n) is 3.69. The van der Waals surface area contributed by atoms with Crippen LogP contribution in [0.25, 0.3) is 5.69 Å². The molecule has 0 aliphatic carbocycles. The molecule has 3 aromatic rings. The maximum atomic E-state index is 11.3. The maximum Gasteiger partial charge on any atom is 0.284 e. The number of aryl methyl sites for hydroxylation is 2. The average Bonchev–Trinajstić information content (AvgIpc) is 3.05. The summed E-state index contributed by atoms with van der Waals surface area (Å²) in [5.41, 5.74) is 3.08. The van der Waals surface area contributed by atoms with Crippen molar-refractivity contribution in [3.63, 3.8) is 0 Å². The van der Waals surface area contributed by atoms with Crippen LogP contribution in [0.5, 0.6) is 0 Å². The van der Waals surface area contributed by atoms with Crippen LogP contribution in [0.1, 0.15) is 21.5 Å². The van der Waals surface area contributed by atoms with E-state index in [0.717, 1.165) is 28.6 Å². The van der Waals surface area contributed by atoms with E-state index in [4.69, 9.17) is 0 Å². The Balaban J connectivity index is 2.00. The van der Waals surface area contributed by atoms with Crippen LogP contribution in [0.2, 0.25) is 0 Å². The van der Waals surface area contributed by atoms with E-state index >= 15 is 0 Å². The van der Waals surface area contributed by atoms with E-state index < -0.39 is 4.92 Å². The molecule has 0 radical (unpaired) electrons. The maximum absolute atomic E-state index is 11.3. The molecule has 0 bridgehead atoms. The lowest BCUT2D eigenvalue weighted by Crippen LogP contribution is -2.00. The molecule has 2 aromatic carbocycles.